The maximum absolute atomic E-state index is 11.6. The van der Waals surface area contributed by atoms with Gasteiger partial charge in [-0.1, -0.05) is 12.1 Å². The predicted octanol–water partition coefficient (Wildman–Crippen LogP) is 1.41. The molecule has 2 N–H and O–H groups in total. The first kappa shape index (κ1) is 14.0. The molecule has 7 heteroatoms. The zero-order valence-corrected chi connectivity index (χ0v) is 11.6. The van der Waals surface area contributed by atoms with Crippen LogP contribution in [0.3, 0.4) is 0 Å². The lowest BCUT2D eigenvalue weighted by molar-refractivity contribution is -0.136. The summed E-state index contributed by atoms with van der Waals surface area (Å²) >= 11 is 1.25. The van der Waals surface area contributed by atoms with Crippen LogP contribution in [0.15, 0.2) is 35.8 Å². The third-order valence-electron chi connectivity index (χ3n) is 2.47. The summed E-state index contributed by atoms with van der Waals surface area (Å²) in [6, 6.07) is 7.21. The fourth-order valence-electron chi connectivity index (χ4n) is 1.45. The van der Waals surface area contributed by atoms with E-state index in [1.54, 1.807) is 30.8 Å². The fourth-order valence-corrected chi connectivity index (χ4v) is 1.97. The van der Waals surface area contributed by atoms with Gasteiger partial charge in [-0.05, 0) is 17.7 Å². The number of hydrogen-bond donors (Lipinski definition) is 2. The first-order chi connectivity index (χ1) is 9.69. The summed E-state index contributed by atoms with van der Waals surface area (Å²) in [5.74, 6) is -0.689. The summed E-state index contributed by atoms with van der Waals surface area (Å²) < 4.78 is 5.03. The number of carbonyl (C=O) groups is 2. The number of hydrogen-bond acceptors (Lipinski definition) is 5. The number of rotatable bonds is 4. The molecule has 0 aliphatic heterocycles. The summed E-state index contributed by atoms with van der Waals surface area (Å²) in [5, 5.41) is 7.06. The maximum Gasteiger partial charge on any atom is 0.315 e. The minimum absolute atomic E-state index is 0.272. The van der Waals surface area contributed by atoms with Gasteiger partial charge in [0.05, 0.1) is 7.11 Å². The van der Waals surface area contributed by atoms with Crippen LogP contribution in [-0.4, -0.2) is 23.9 Å². The monoisotopic (exact) mass is 291 g/mol. The van der Waals surface area contributed by atoms with Crippen LogP contribution in [0.1, 0.15) is 5.56 Å². The lowest BCUT2D eigenvalue weighted by Gasteiger charge is -2.06. The minimum Gasteiger partial charge on any atom is -0.497 e. The molecule has 0 saturated carbocycles. The van der Waals surface area contributed by atoms with E-state index in [2.05, 4.69) is 15.6 Å². The van der Waals surface area contributed by atoms with Gasteiger partial charge in [-0.2, -0.15) is 0 Å². The van der Waals surface area contributed by atoms with Crippen molar-refractivity contribution in [2.24, 2.45) is 0 Å². The summed E-state index contributed by atoms with van der Waals surface area (Å²) in [4.78, 5) is 27.0. The number of nitrogens with one attached hydrogen (secondary N) is 2. The van der Waals surface area contributed by atoms with Gasteiger partial charge in [0.1, 0.15) is 5.75 Å². The standard InChI is InChI=1S/C13H13N3O3S/c1-19-10-4-2-9(3-5-10)8-15-11(17)12(18)16-13-14-6-7-20-13/h2-7H,8H2,1H3,(H,15,17)(H,14,16,18). The van der Waals surface area contributed by atoms with Crippen LogP contribution in [0.2, 0.25) is 0 Å². The number of carbonyl (C=O) groups excluding carboxylic acids is 2. The number of ether oxygens (including phenoxy) is 1. The highest BCUT2D eigenvalue weighted by Crippen LogP contribution is 2.11. The lowest BCUT2D eigenvalue weighted by Crippen LogP contribution is -2.34. The van der Waals surface area contributed by atoms with Gasteiger partial charge in [0, 0.05) is 18.1 Å². The first-order valence-corrected chi connectivity index (χ1v) is 6.68. The zero-order chi connectivity index (χ0) is 14.4. The van der Waals surface area contributed by atoms with Gasteiger partial charge >= 0.3 is 11.8 Å². The number of nitrogens with zero attached hydrogens (tertiary/aromatic N) is 1. The molecule has 1 aromatic carbocycles. The highest BCUT2D eigenvalue weighted by Gasteiger charge is 2.14. The SMILES string of the molecule is COc1ccc(CNC(=O)C(=O)Nc2nccs2)cc1. The van der Waals surface area contributed by atoms with E-state index < -0.39 is 11.8 Å². The molecular formula is C13H13N3O3S. The lowest BCUT2D eigenvalue weighted by atomic mass is 10.2. The molecule has 2 rings (SSSR count). The molecule has 1 heterocycles. The van der Waals surface area contributed by atoms with E-state index in [1.807, 2.05) is 12.1 Å². The van der Waals surface area contributed by atoms with E-state index in [1.165, 1.54) is 11.3 Å². The second kappa shape index (κ2) is 6.67. The van der Waals surface area contributed by atoms with Gasteiger partial charge < -0.3 is 10.1 Å². The van der Waals surface area contributed by atoms with Gasteiger partial charge in [-0.25, -0.2) is 4.98 Å². The number of anilines is 1. The van der Waals surface area contributed by atoms with Gasteiger partial charge in [0.2, 0.25) is 0 Å². The fraction of sp³-hybridized carbons (Fsp3) is 0.154. The van der Waals surface area contributed by atoms with Crippen molar-refractivity contribution < 1.29 is 14.3 Å². The summed E-state index contributed by atoms with van der Waals surface area (Å²) in [7, 11) is 1.58. The number of aromatic nitrogens is 1. The van der Waals surface area contributed by atoms with E-state index >= 15 is 0 Å². The van der Waals surface area contributed by atoms with Crippen molar-refractivity contribution in [3.05, 3.63) is 41.4 Å². The van der Waals surface area contributed by atoms with E-state index in [-0.39, 0.29) is 6.54 Å². The molecule has 20 heavy (non-hydrogen) atoms. The molecule has 0 radical (unpaired) electrons. The second-order valence-electron chi connectivity index (χ2n) is 3.82. The Labute approximate surface area is 119 Å². The Hall–Kier alpha value is -2.41. The molecule has 0 bridgehead atoms. The maximum atomic E-state index is 11.6. The van der Waals surface area contributed by atoms with Gasteiger partial charge in [-0.3, -0.25) is 14.9 Å². The molecule has 0 aliphatic rings. The van der Waals surface area contributed by atoms with Crippen molar-refractivity contribution >= 4 is 28.3 Å². The molecule has 0 fully saturated rings. The largest absolute Gasteiger partial charge is 0.497 e. The Kier molecular flexibility index (Phi) is 4.67. The molecule has 1 aromatic heterocycles. The number of methoxy groups -OCH3 is 1. The van der Waals surface area contributed by atoms with Crippen LogP contribution in [0, 0.1) is 0 Å². The van der Waals surface area contributed by atoms with Crippen LogP contribution in [0.25, 0.3) is 0 Å². The van der Waals surface area contributed by atoms with Crippen LogP contribution >= 0.6 is 11.3 Å². The van der Waals surface area contributed by atoms with E-state index in [0.717, 1.165) is 11.3 Å². The molecule has 0 atom stereocenters. The molecule has 104 valence electrons. The molecular weight excluding hydrogens is 278 g/mol. The topological polar surface area (TPSA) is 80.3 Å². The van der Waals surface area contributed by atoms with Gasteiger partial charge in [-0.15, -0.1) is 11.3 Å². The molecule has 6 nitrogen and oxygen atoms in total. The second-order valence-corrected chi connectivity index (χ2v) is 4.72. The smallest absolute Gasteiger partial charge is 0.315 e. The Morgan fingerprint density at radius 1 is 1.25 bits per heavy atom. The van der Waals surface area contributed by atoms with Gasteiger partial charge in [0.15, 0.2) is 5.13 Å². The van der Waals surface area contributed by atoms with Gasteiger partial charge in [0.25, 0.3) is 0 Å². The molecule has 0 unspecified atom stereocenters. The molecule has 0 saturated heterocycles. The van der Waals surface area contributed by atoms with Crippen molar-refractivity contribution in [1.29, 1.82) is 0 Å². The van der Waals surface area contributed by atoms with Crippen molar-refractivity contribution in [3.8, 4) is 5.75 Å². The third-order valence-corrected chi connectivity index (χ3v) is 3.16. The Morgan fingerprint density at radius 2 is 2.00 bits per heavy atom. The van der Waals surface area contributed by atoms with Crippen molar-refractivity contribution in [2.45, 2.75) is 6.54 Å². The summed E-state index contributed by atoms with van der Waals surface area (Å²) in [5.41, 5.74) is 0.876. The predicted molar refractivity (Wildman–Crippen MR) is 75.6 cm³/mol. The number of benzene rings is 1. The Bertz CT molecular complexity index is 581. The van der Waals surface area contributed by atoms with Crippen molar-refractivity contribution in [3.63, 3.8) is 0 Å². The first-order valence-electron chi connectivity index (χ1n) is 5.80. The highest BCUT2D eigenvalue weighted by molar-refractivity contribution is 7.13. The molecule has 2 aromatic rings. The van der Waals surface area contributed by atoms with Crippen LogP contribution in [-0.2, 0) is 16.1 Å². The zero-order valence-electron chi connectivity index (χ0n) is 10.8. The normalized spacial score (nSPS) is 9.85. The summed E-state index contributed by atoms with van der Waals surface area (Å²) in [6.07, 6.45) is 1.55. The average molecular weight is 291 g/mol. The molecule has 2 amide bonds. The Balaban J connectivity index is 1.83. The van der Waals surface area contributed by atoms with Crippen LogP contribution in [0.5, 0.6) is 5.75 Å². The van der Waals surface area contributed by atoms with E-state index in [9.17, 15) is 9.59 Å². The highest BCUT2D eigenvalue weighted by atomic mass is 32.1. The quantitative estimate of drug-likeness (QED) is 0.835. The third kappa shape index (κ3) is 3.79. The molecule has 0 aliphatic carbocycles. The van der Waals surface area contributed by atoms with E-state index in [0.29, 0.717) is 5.13 Å². The average Bonchev–Trinajstić information content (AvgIpc) is 2.98. The summed E-state index contributed by atoms with van der Waals surface area (Å²) in [6.45, 7) is 0.272. The number of amides is 2. The van der Waals surface area contributed by atoms with Crippen molar-refractivity contribution in [1.82, 2.24) is 10.3 Å². The minimum atomic E-state index is -0.728. The number of thiazole rings is 1. The Morgan fingerprint density at radius 3 is 2.60 bits per heavy atom. The van der Waals surface area contributed by atoms with Crippen LogP contribution < -0.4 is 15.4 Å². The van der Waals surface area contributed by atoms with Crippen molar-refractivity contribution in [2.75, 3.05) is 12.4 Å². The molecule has 0 spiro atoms. The van der Waals surface area contributed by atoms with E-state index in [4.69, 9.17) is 4.74 Å². The van der Waals surface area contributed by atoms with Crippen LogP contribution in [0.4, 0.5) is 5.13 Å².